The normalized spacial score (nSPS) is 12.0. The molecule has 0 aliphatic rings. The first-order valence-electron chi connectivity index (χ1n) is 7.88. The van der Waals surface area contributed by atoms with Crippen LogP contribution in [0.1, 0.15) is 40.3 Å². The number of benzene rings is 1. The summed E-state index contributed by atoms with van der Waals surface area (Å²) in [6.45, 7) is 4.05. The van der Waals surface area contributed by atoms with E-state index in [9.17, 15) is 9.59 Å². The molecule has 2 aromatic rings. The maximum atomic E-state index is 12.3. The predicted octanol–water partition coefficient (Wildman–Crippen LogP) is 3.14. The molecular formula is C18H22N2O3S. The number of hydrogen-bond donors (Lipinski definition) is 3. The van der Waals surface area contributed by atoms with Crippen molar-refractivity contribution in [3.8, 4) is 0 Å². The number of rotatable bonds is 7. The molecule has 2 rings (SSSR count). The van der Waals surface area contributed by atoms with Crippen LogP contribution in [-0.4, -0.2) is 29.6 Å². The molecule has 0 saturated heterocycles. The lowest BCUT2D eigenvalue weighted by molar-refractivity contribution is 0.0916. The Morgan fingerprint density at radius 2 is 1.83 bits per heavy atom. The van der Waals surface area contributed by atoms with Gasteiger partial charge in [0.15, 0.2) is 0 Å². The van der Waals surface area contributed by atoms with E-state index in [1.165, 1.54) is 11.3 Å². The summed E-state index contributed by atoms with van der Waals surface area (Å²) in [5.74, 6) is -0.103. The highest BCUT2D eigenvalue weighted by molar-refractivity contribution is 7.12. The summed E-state index contributed by atoms with van der Waals surface area (Å²) in [5, 5.41) is 16.7. The Morgan fingerprint density at radius 3 is 2.38 bits per heavy atom. The Balaban J connectivity index is 1.98. The van der Waals surface area contributed by atoms with E-state index in [1.807, 2.05) is 25.3 Å². The van der Waals surface area contributed by atoms with E-state index >= 15 is 0 Å². The standard InChI is InChI=1S/C18H22N2O3S/c1-12(2)15(9-10-21)20-17(22)13-5-7-14(8-6-13)19-18(23)16-4-3-11-24-16/h3-8,11-12,15,21H,9-10H2,1-2H3,(H,19,23)(H,20,22). The number of aliphatic hydroxyl groups is 1. The van der Waals surface area contributed by atoms with Crippen LogP contribution in [0, 0.1) is 5.92 Å². The molecule has 5 nitrogen and oxygen atoms in total. The number of anilines is 1. The van der Waals surface area contributed by atoms with Crippen molar-refractivity contribution in [3.63, 3.8) is 0 Å². The molecule has 0 radical (unpaired) electrons. The average molecular weight is 346 g/mol. The number of amides is 2. The van der Waals surface area contributed by atoms with Gasteiger partial charge in [-0.25, -0.2) is 0 Å². The van der Waals surface area contributed by atoms with Crippen LogP contribution in [0.25, 0.3) is 0 Å². The van der Waals surface area contributed by atoms with E-state index in [0.29, 0.717) is 22.5 Å². The SMILES string of the molecule is CC(C)C(CCO)NC(=O)c1ccc(NC(=O)c2cccs2)cc1. The molecule has 24 heavy (non-hydrogen) atoms. The van der Waals surface area contributed by atoms with Crippen molar-refractivity contribution < 1.29 is 14.7 Å². The zero-order chi connectivity index (χ0) is 17.5. The van der Waals surface area contributed by atoms with Gasteiger partial charge in [-0.1, -0.05) is 19.9 Å². The van der Waals surface area contributed by atoms with Crippen LogP contribution in [0.15, 0.2) is 41.8 Å². The highest BCUT2D eigenvalue weighted by atomic mass is 32.1. The number of carbonyl (C=O) groups excluding carboxylic acids is 2. The lowest BCUT2D eigenvalue weighted by atomic mass is 10.0. The second-order valence-electron chi connectivity index (χ2n) is 5.85. The van der Waals surface area contributed by atoms with Gasteiger partial charge in [0, 0.05) is 23.9 Å². The van der Waals surface area contributed by atoms with Crippen LogP contribution in [0.5, 0.6) is 0 Å². The maximum absolute atomic E-state index is 12.3. The molecule has 0 spiro atoms. The second-order valence-corrected chi connectivity index (χ2v) is 6.79. The summed E-state index contributed by atoms with van der Waals surface area (Å²) >= 11 is 1.38. The molecule has 0 aliphatic heterocycles. The zero-order valence-electron chi connectivity index (χ0n) is 13.8. The topological polar surface area (TPSA) is 78.4 Å². The van der Waals surface area contributed by atoms with Gasteiger partial charge in [0.1, 0.15) is 0 Å². The van der Waals surface area contributed by atoms with Gasteiger partial charge in [-0.05, 0) is 48.1 Å². The van der Waals surface area contributed by atoms with Gasteiger partial charge in [-0.3, -0.25) is 9.59 Å². The maximum Gasteiger partial charge on any atom is 0.265 e. The summed E-state index contributed by atoms with van der Waals surface area (Å²) in [7, 11) is 0. The summed E-state index contributed by atoms with van der Waals surface area (Å²) in [6.07, 6.45) is 0.526. The first-order valence-corrected chi connectivity index (χ1v) is 8.76. The van der Waals surface area contributed by atoms with E-state index in [1.54, 1.807) is 30.3 Å². The molecule has 1 atom stereocenters. The van der Waals surface area contributed by atoms with Gasteiger partial charge >= 0.3 is 0 Å². The third-order valence-electron chi connectivity index (χ3n) is 3.71. The Labute approximate surface area is 145 Å². The van der Waals surface area contributed by atoms with Crippen LogP contribution in [-0.2, 0) is 0 Å². The van der Waals surface area contributed by atoms with Gasteiger partial charge < -0.3 is 15.7 Å². The second kappa shape index (κ2) is 8.61. The Hall–Kier alpha value is -2.18. The Kier molecular flexibility index (Phi) is 6.52. The molecule has 3 N–H and O–H groups in total. The Morgan fingerprint density at radius 1 is 1.12 bits per heavy atom. The van der Waals surface area contributed by atoms with Gasteiger partial charge in [-0.2, -0.15) is 0 Å². The average Bonchev–Trinajstić information content (AvgIpc) is 3.09. The smallest absolute Gasteiger partial charge is 0.265 e. The Bertz CT molecular complexity index is 666. The molecular weight excluding hydrogens is 324 g/mol. The first kappa shape index (κ1) is 18.2. The minimum Gasteiger partial charge on any atom is -0.396 e. The number of thiophene rings is 1. The number of nitrogens with one attached hydrogen (secondary N) is 2. The molecule has 1 aromatic carbocycles. The van der Waals surface area contributed by atoms with Crippen LogP contribution in [0.2, 0.25) is 0 Å². The number of hydrogen-bond acceptors (Lipinski definition) is 4. The van der Waals surface area contributed by atoms with Gasteiger partial charge in [0.2, 0.25) is 0 Å². The quantitative estimate of drug-likeness (QED) is 0.721. The summed E-state index contributed by atoms with van der Waals surface area (Å²) < 4.78 is 0. The molecule has 0 aliphatic carbocycles. The van der Waals surface area contributed by atoms with Crippen molar-refractivity contribution in [1.82, 2.24) is 5.32 Å². The molecule has 0 bridgehead atoms. The molecule has 0 saturated carbocycles. The van der Waals surface area contributed by atoms with Crippen molar-refractivity contribution in [2.75, 3.05) is 11.9 Å². The van der Waals surface area contributed by atoms with Gasteiger partial charge in [-0.15, -0.1) is 11.3 Å². The lowest BCUT2D eigenvalue weighted by Gasteiger charge is -2.21. The fraction of sp³-hybridized carbons (Fsp3) is 0.333. The van der Waals surface area contributed by atoms with Crippen molar-refractivity contribution >= 4 is 28.8 Å². The predicted molar refractivity (Wildman–Crippen MR) is 96.5 cm³/mol. The molecule has 128 valence electrons. The highest BCUT2D eigenvalue weighted by Gasteiger charge is 2.16. The van der Waals surface area contributed by atoms with E-state index in [2.05, 4.69) is 10.6 Å². The van der Waals surface area contributed by atoms with Crippen molar-refractivity contribution in [2.24, 2.45) is 5.92 Å². The molecule has 1 unspecified atom stereocenters. The first-order chi connectivity index (χ1) is 11.5. The molecule has 1 aromatic heterocycles. The minimum atomic E-state index is -0.182. The van der Waals surface area contributed by atoms with Gasteiger partial charge in [0.25, 0.3) is 11.8 Å². The van der Waals surface area contributed by atoms with Crippen molar-refractivity contribution in [1.29, 1.82) is 0 Å². The van der Waals surface area contributed by atoms with Crippen LogP contribution in [0.4, 0.5) is 5.69 Å². The molecule has 2 amide bonds. The molecule has 0 fully saturated rings. The third-order valence-corrected chi connectivity index (χ3v) is 4.58. The third kappa shape index (κ3) is 4.91. The summed E-state index contributed by atoms with van der Waals surface area (Å²) in [6, 6.07) is 10.3. The highest BCUT2D eigenvalue weighted by Crippen LogP contribution is 2.15. The van der Waals surface area contributed by atoms with Crippen LogP contribution < -0.4 is 10.6 Å². The molecule has 6 heteroatoms. The van der Waals surface area contributed by atoms with Crippen LogP contribution >= 0.6 is 11.3 Å². The summed E-state index contributed by atoms with van der Waals surface area (Å²) in [5.41, 5.74) is 1.16. The van der Waals surface area contributed by atoms with E-state index < -0.39 is 0 Å². The van der Waals surface area contributed by atoms with Gasteiger partial charge in [0.05, 0.1) is 4.88 Å². The lowest BCUT2D eigenvalue weighted by Crippen LogP contribution is -2.39. The van der Waals surface area contributed by atoms with E-state index in [-0.39, 0.29) is 30.4 Å². The van der Waals surface area contributed by atoms with E-state index in [0.717, 1.165) is 0 Å². The number of carbonyl (C=O) groups is 2. The van der Waals surface area contributed by atoms with Crippen molar-refractivity contribution in [2.45, 2.75) is 26.3 Å². The summed E-state index contributed by atoms with van der Waals surface area (Å²) in [4.78, 5) is 24.9. The monoisotopic (exact) mass is 346 g/mol. The largest absolute Gasteiger partial charge is 0.396 e. The van der Waals surface area contributed by atoms with E-state index in [4.69, 9.17) is 5.11 Å². The number of aliphatic hydroxyl groups excluding tert-OH is 1. The van der Waals surface area contributed by atoms with Crippen molar-refractivity contribution in [3.05, 3.63) is 52.2 Å². The fourth-order valence-corrected chi connectivity index (χ4v) is 2.89. The molecule has 1 heterocycles. The van der Waals surface area contributed by atoms with Crippen LogP contribution in [0.3, 0.4) is 0 Å². The zero-order valence-corrected chi connectivity index (χ0v) is 14.6. The fourth-order valence-electron chi connectivity index (χ4n) is 2.27. The minimum absolute atomic E-state index is 0.0385.